The van der Waals surface area contributed by atoms with Gasteiger partial charge in [-0.15, -0.1) is 0 Å². The van der Waals surface area contributed by atoms with E-state index in [1.807, 2.05) is 0 Å². The second-order valence-corrected chi connectivity index (χ2v) is 11.1. The predicted octanol–water partition coefficient (Wildman–Crippen LogP) is 0.776. The molecule has 0 saturated carbocycles. The summed E-state index contributed by atoms with van der Waals surface area (Å²) in [6.45, 7) is 7.56. The number of hydrogen-bond acceptors (Lipinski definition) is 4. The minimum atomic E-state index is -1.16. The number of aliphatic hydroxyl groups excluding tert-OH is 1. The van der Waals surface area contributed by atoms with Crippen LogP contribution in [0, 0.1) is 0 Å². The maximum Gasteiger partial charge on any atom is 0.323 e. The van der Waals surface area contributed by atoms with E-state index in [4.69, 9.17) is 9.94 Å². The SMILES string of the molecule is C[Si](C)(C)CCON1C[C@@H](O)CC1C(=O)O. The zero-order chi connectivity index (χ0) is 12.3. The Morgan fingerprint density at radius 3 is 2.62 bits per heavy atom. The Labute approximate surface area is 97.0 Å². The second-order valence-electron chi connectivity index (χ2n) is 5.49. The van der Waals surface area contributed by atoms with Crippen molar-refractivity contribution in [3.8, 4) is 0 Å². The Kier molecular flexibility index (Phi) is 4.49. The van der Waals surface area contributed by atoms with Gasteiger partial charge in [-0.3, -0.25) is 9.63 Å². The van der Waals surface area contributed by atoms with E-state index >= 15 is 0 Å². The number of hydrogen-bond donors (Lipinski definition) is 2. The number of hydroxylamine groups is 2. The molecule has 1 aliphatic rings. The molecular weight excluding hydrogens is 226 g/mol. The Morgan fingerprint density at radius 2 is 2.12 bits per heavy atom. The summed E-state index contributed by atoms with van der Waals surface area (Å²) in [5.74, 6) is -0.926. The molecule has 0 radical (unpaired) electrons. The monoisotopic (exact) mass is 247 g/mol. The van der Waals surface area contributed by atoms with E-state index in [0.717, 1.165) is 6.04 Å². The Balaban J connectivity index is 2.38. The van der Waals surface area contributed by atoms with Crippen LogP contribution in [-0.2, 0) is 9.63 Å². The Morgan fingerprint density at radius 1 is 1.50 bits per heavy atom. The van der Waals surface area contributed by atoms with Gasteiger partial charge in [0, 0.05) is 14.5 Å². The van der Waals surface area contributed by atoms with Crippen molar-refractivity contribution in [2.24, 2.45) is 0 Å². The Bertz CT molecular complexity index is 254. The van der Waals surface area contributed by atoms with Crippen LogP contribution in [0.4, 0.5) is 0 Å². The third kappa shape index (κ3) is 4.21. The molecule has 2 N–H and O–H groups in total. The summed E-state index contributed by atoms with van der Waals surface area (Å²) in [6, 6.07) is 0.294. The van der Waals surface area contributed by atoms with Crippen molar-refractivity contribution in [2.75, 3.05) is 13.2 Å². The topological polar surface area (TPSA) is 70.0 Å². The fourth-order valence-electron chi connectivity index (χ4n) is 1.62. The molecule has 0 amide bonds. The molecule has 16 heavy (non-hydrogen) atoms. The van der Waals surface area contributed by atoms with E-state index in [1.54, 1.807) is 0 Å². The first-order chi connectivity index (χ1) is 7.29. The number of nitrogens with zero attached hydrogens (tertiary/aromatic N) is 1. The molecule has 1 heterocycles. The maximum absolute atomic E-state index is 10.9. The lowest BCUT2D eigenvalue weighted by atomic mass is 10.2. The van der Waals surface area contributed by atoms with Crippen molar-refractivity contribution < 1.29 is 19.8 Å². The van der Waals surface area contributed by atoms with E-state index < -0.39 is 26.2 Å². The van der Waals surface area contributed by atoms with E-state index in [0.29, 0.717) is 13.2 Å². The van der Waals surface area contributed by atoms with Crippen LogP contribution in [0.5, 0.6) is 0 Å². The van der Waals surface area contributed by atoms with Crippen LogP contribution in [0.25, 0.3) is 0 Å². The van der Waals surface area contributed by atoms with Gasteiger partial charge < -0.3 is 10.2 Å². The first-order valence-corrected chi connectivity index (χ1v) is 9.31. The molecule has 0 spiro atoms. The maximum atomic E-state index is 10.9. The minimum absolute atomic E-state index is 0.252. The summed E-state index contributed by atoms with van der Waals surface area (Å²) in [5.41, 5.74) is 0. The lowest BCUT2D eigenvalue weighted by Gasteiger charge is -2.22. The predicted molar refractivity (Wildman–Crippen MR) is 62.9 cm³/mol. The summed E-state index contributed by atoms with van der Waals surface area (Å²) in [4.78, 5) is 16.3. The minimum Gasteiger partial charge on any atom is -0.480 e. The molecule has 1 aliphatic heterocycles. The third-order valence-corrected chi connectivity index (χ3v) is 4.33. The highest BCUT2D eigenvalue weighted by Crippen LogP contribution is 2.19. The molecule has 94 valence electrons. The quantitative estimate of drug-likeness (QED) is 0.702. The number of carboxylic acid groups (broad SMARTS) is 1. The third-order valence-electron chi connectivity index (χ3n) is 2.63. The highest BCUT2D eigenvalue weighted by molar-refractivity contribution is 6.76. The van der Waals surface area contributed by atoms with E-state index in [1.165, 1.54) is 5.06 Å². The van der Waals surface area contributed by atoms with E-state index in [9.17, 15) is 9.90 Å². The second kappa shape index (κ2) is 5.26. The van der Waals surface area contributed by atoms with Gasteiger partial charge in [0.05, 0.1) is 19.3 Å². The number of aliphatic hydroxyl groups is 1. The highest BCUT2D eigenvalue weighted by Gasteiger charge is 2.37. The summed E-state index contributed by atoms with van der Waals surface area (Å²) in [6.07, 6.45) is -0.338. The summed E-state index contributed by atoms with van der Waals surface area (Å²) >= 11 is 0. The van der Waals surface area contributed by atoms with Crippen LogP contribution >= 0.6 is 0 Å². The van der Waals surface area contributed by atoms with Crippen LogP contribution in [0.1, 0.15) is 6.42 Å². The summed E-state index contributed by atoms with van der Waals surface area (Å²) in [7, 11) is -1.16. The van der Waals surface area contributed by atoms with Gasteiger partial charge in [-0.05, 0) is 6.04 Å². The van der Waals surface area contributed by atoms with Gasteiger partial charge in [-0.25, -0.2) is 0 Å². The van der Waals surface area contributed by atoms with Crippen molar-refractivity contribution >= 4 is 14.0 Å². The lowest BCUT2D eigenvalue weighted by Crippen LogP contribution is -2.37. The molecule has 5 nitrogen and oxygen atoms in total. The molecule has 2 atom stereocenters. The van der Waals surface area contributed by atoms with Crippen molar-refractivity contribution in [2.45, 2.75) is 44.3 Å². The zero-order valence-corrected chi connectivity index (χ0v) is 11.1. The lowest BCUT2D eigenvalue weighted by molar-refractivity contribution is -0.185. The molecule has 1 unspecified atom stereocenters. The molecule has 0 aromatic carbocycles. The van der Waals surface area contributed by atoms with Crippen molar-refractivity contribution in [3.63, 3.8) is 0 Å². The summed E-state index contributed by atoms with van der Waals surface area (Å²) < 4.78 is 0. The standard InChI is InChI=1S/C10H21NO4Si/c1-16(2,3)5-4-15-11-7-8(12)6-9(11)10(13)14/h8-9,12H,4-7H2,1-3H3,(H,13,14)/t8-,9?/m0/s1. The molecule has 0 bridgehead atoms. The van der Waals surface area contributed by atoms with Crippen molar-refractivity contribution in [1.82, 2.24) is 5.06 Å². The Hall–Kier alpha value is -0.433. The number of carboxylic acids is 1. The van der Waals surface area contributed by atoms with Crippen molar-refractivity contribution in [3.05, 3.63) is 0 Å². The number of carbonyl (C=O) groups is 1. The number of aliphatic carboxylic acids is 1. The molecule has 1 saturated heterocycles. The zero-order valence-electron chi connectivity index (χ0n) is 10.1. The normalized spacial score (nSPS) is 27.2. The van der Waals surface area contributed by atoms with Crippen LogP contribution in [0.2, 0.25) is 25.7 Å². The van der Waals surface area contributed by atoms with E-state index in [2.05, 4.69) is 19.6 Å². The van der Waals surface area contributed by atoms with Gasteiger partial charge in [0.1, 0.15) is 6.04 Å². The molecule has 1 fully saturated rings. The van der Waals surface area contributed by atoms with Crippen LogP contribution in [-0.4, -0.2) is 54.6 Å². The van der Waals surface area contributed by atoms with Crippen LogP contribution in [0.15, 0.2) is 0 Å². The van der Waals surface area contributed by atoms with Gasteiger partial charge in [0.25, 0.3) is 0 Å². The molecular formula is C10H21NO4Si. The van der Waals surface area contributed by atoms with Crippen LogP contribution in [0.3, 0.4) is 0 Å². The van der Waals surface area contributed by atoms with Gasteiger partial charge in [0.2, 0.25) is 0 Å². The van der Waals surface area contributed by atoms with Gasteiger partial charge in [-0.2, -0.15) is 5.06 Å². The molecule has 6 heteroatoms. The number of rotatable bonds is 5. The first kappa shape index (κ1) is 13.6. The fourth-order valence-corrected chi connectivity index (χ4v) is 2.32. The largest absolute Gasteiger partial charge is 0.480 e. The van der Waals surface area contributed by atoms with Gasteiger partial charge >= 0.3 is 5.97 Å². The smallest absolute Gasteiger partial charge is 0.323 e. The molecule has 1 rings (SSSR count). The number of β-amino-alcohol motifs (C(OH)–C–C–N with tert-alkyl or cyclic N) is 1. The van der Waals surface area contributed by atoms with Crippen molar-refractivity contribution in [1.29, 1.82) is 0 Å². The molecule has 0 aromatic heterocycles. The molecule has 0 aliphatic carbocycles. The van der Waals surface area contributed by atoms with Gasteiger partial charge in [-0.1, -0.05) is 19.6 Å². The van der Waals surface area contributed by atoms with E-state index in [-0.39, 0.29) is 6.42 Å². The van der Waals surface area contributed by atoms with Gasteiger partial charge in [0.15, 0.2) is 0 Å². The molecule has 0 aromatic rings. The van der Waals surface area contributed by atoms with Crippen LogP contribution < -0.4 is 0 Å². The summed E-state index contributed by atoms with van der Waals surface area (Å²) in [5, 5.41) is 19.7. The first-order valence-electron chi connectivity index (χ1n) is 5.60. The average Bonchev–Trinajstić information content (AvgIpc) is 2.44. The highest BCUT2D eigenvalue weighted by atomic mass is 28.3. The average molecular weight is 247 g/mol. The fraction of sp³-hybridized carbons (Fsp3) is 0.900.